The number of anilines is 2. The Bertz CT molecular complexity index is 1340. The van der Waals surface area contributed by atoms with E-state index < -0.39 is 57.0 Å². The molecule has 0 radical (unpaired) electrons. The van der Waals surface area contributed by atoms with E-state index in [0.29, 0.717) is 0 Å². The van der Waals surface area contributed by atoms with Crippen LogP contribution >= 0.6 is 34.8 Å². The van der Waals surface area contributed by atoms with Crippen molar-refractivity contribution >= 4 is 58.0 Å². The Morgan fingerprint density at radius 3 is 2.17 bits per heavy atom. The van der Waals surface area contributed by atoms with E-state index in [0.717, 1.165) is 30.3 Å². The third-order valence-corrected chi connectivity index (χ3v) is 6.86. The van der Waals surface area contributed by atoms with Gasteiger partial charge in [0.25, 0.3) is 5.91 Å². The molecule has 0 bridgehead atoms. The maximum Gasteiger partial charge on any atom is 0.416 e. The number of hydrogen-bond donors (Lipinski definition) is 2. The second-order valence-corrected chi connectivity index (χ2v) is 9.84. The fourth-order valence-electron chi connectivity index (χ4n) is 3.77. The van der Waals surface area contributed by atoms with Crippen LogP contribution in [0.25, 0.3) is 0 Å². The number of carbonyl (C=O) groups excluding carboxylic acids is 2. The van der Waals surface area contributed by atoms with Crippen LogP contribution in [0.15, 0.2) is 60.7 Å². The number of nitrogens with one attached hydrogen (secondary N) is 2. The Kier molecular flexibility index (Phi) is 6.94. The van der Waals surface area contributed by atoms with E-state index in [9.17, 15) is 31.5 Å². The van der Waals surface area contributed by atoms with Crippen LogP contribution in [0.4, 0.5) is 33.3 Å². The van der Waals surface area contributed by atoms with Crippen LogP contribution in [0.5, 0.6) is 0 Å². The number of para-hydroxylation sites is 1. The SMILES string of the molecule is O=C(Nc1c(F)cccc1F)c1cc(NC(=O)C2C(c3cccc(C(F)(F)F)c3)C2(Cl)Cl)ccc1Cl. The van der Waals surface area contributed by atoms with Gasteiger partial charge >= 0.3 is 6.18 Å². The van der Waals surface area contributed by atoms with Crippen molar-refractivity contribution in [1.82, 2.24) is 0 Å². The Morgan fingerprint density at radius 1 is 0.889 bits per heavy atom. The molecule has 1 saturated carbocycles. The molecule has 3 aromatic rings. The summed E-state index contributed by atoms with van der Waals surface area (Å²) in [5.74, 6) is -5.67. The van der Waals surface area contributed by atoms with Gasteiger partial charge in [0, 0.05) is 11.6 Å². The summed E-state index contributed by atoms with van der Waals surface area (Å²) < 4.78 is 65.3. The molecule has 12 heteroatoms. The number of alkyl halides is 5. The smallest absolute Gasteiger partial charge is 0.326 e. The largest absolute Gasteiger partial charge is 0.416 e. The standard InChI is InChI=1S/C24H14Cl3F5N2O2/c25-15-8-7-13(10-14(15)21(35)34-20-16(28)5-2-6-17(20)29)33-22(36)19-18(23(19,26)27)11-3-1-4-12(9-11)24(30,31)32/h1-10,18-19H,(H,33,36)(H,34,35). The zero-order valence-corrected chi connectivity index (χ0v) is 20.0. The quantitative estimate of drug-likeness (QED) is 0.251. The van der Waals surface area contributed by atoms with Crippen molar-refractivity contribution in [3.63, 3.8) is 0 Å². The zero-order chi connectivity index (χ0) is 26.4. The first-order valence-corrected chi connectivity index (χ1v) is 11.3. The van der Waals surface area contributed by atoms with E-state index in [1.807, 2.05) is 0 Å². The Hall–Kier alpha value is -2.88. The first-order chi connectivity index (χ1) is 16.8. The lowest BCUT2D eigenvalue weighted by molar-refractivity contribution is -0.137. The van der Waals surface area contributed by atoms with Gasteiger partial charge in [0.2, 0.25) is 5.91 Å². The summed E-state index contributed by atoms with van der Waals surface area (Å²) in [6.45, 7) is 0. The number of benzene rings is 3. The van der Waals surface area contributed by atoms with Gasteiger partial charge in [0.15, 0.2) is 0 Å². The fourth-order valence-corrected chi connectivity index (χ4v) is 4.80. The second kappa shape index (κ2) is 9.53. The minimum absolute atomic E-state index is 0.0699. The van der Waals surface area contributed by atoms with Crippen LogP contribution < -0.4 is 10.6 Å². The minimum atomic E-state index is -4.59. The Labute approximate surface area is 216 Å². The van der Waals surface area contributed by atoms with Gasteiger partial charge < -0.3 is 10.6 Å². The molecule has 36 heavy (non-hydrogen) atoms. The van der Waals surface area contributed by atoms with Gasteiger partial charge in [0.05, 0.1) is 22.1 Å². The summed E-state index contributed by atoms with van der Waals surface area (Å²) in [6.07, 6.45) is -4.59. The van der Waals surface area contributed by atoms with E-state index in [-0.39, 0.29) is 21.8 Å². The second-order valence-electron chi connectivity index (χ2n) is 7.99. The fraction of sp³-hybridized carbons (Fsp3) is 0.167. The molecule has 1 aliphatic carbocycles. The van der Waals surface area contributed by atoms with E-state index >= 15 is 0 Å². The molecule has 2 amide bonds. The van der Waals surface area contributed by atoms with Gasteiger partial charge in [-0.25, -0.2) is 8.78 Å². The third-order valence-electron chi connectivity index (χ3n) is 5.59. The van der Waals surface area contributed by atoms with Crippen molar-refractivity contribution in [1.29, 1.82) is 0 Å². The Morgan fingerprint density at radius 2 is 1.53 bits per heavy atom. The van der Waals surface area contributed by atoms with Crippen molar-refractivity contribution in [2.75, 3.05) is 10.6 Å². The highest BCUT2D eigenvalue weighted by atomic mass is 35.5. The van der Waals surface area contributed by atoms with Crippen molar-refractivity contribution in [2.45, 2.75) is 16.4 Å². The van der Waals surface area contributed by atoms with Crippen LogP contribution in [-0.4, -0.2) is 16.1 Å². The van der Waals surface area contributed by atoms with Crippen molar-refractivity contribution in [2.24, 2.45) is 5.92 Å². The van der Waals surface area contributed by atoms with E-state index in [2.05, 4.69) is 10.6 Å². The average molecular weight is 564 g/mol. The first kappa shape index (κ1) is 26.2. The average Bonchev–Trinajstić information content (AvgIpc) is 3.39. The lowest BCUT2D eigenvalue weighted by Gasteiger charge is -2.11. The van der Waals surface area contributed by atoms with Crippen molar-refractivity contribution in [3.05, 3.63) is 94.0 Å². The molecule has 2 unspecified atom stereocenters. The molecule has 2 atom stereocenters. The first-order valence-electron chi connectivity index (χ1n) is 10.2. The topological polar surface area (TPSA) is 58.2 Å². The molecule has 1 fully saturated rings. The third kappa shape index (κ3) is 5.14. The van der Waals surface area contributed by atoms with Gasteiger partial charge in [0.1, 0.15) is 21.7 Å². The van der Waals surface area contributed by atoms with Crippen molar-refractivity contribution < 1.29 is 31.5 Å². The molecule has 0 saturated heterocycles. The predicted octanol–water partition coefficient (Wildman–Crippen LogP) is 7.42. The maximum absolute atomic E-state index is 13.9. The maximum atomic E-state index is 13.9. The number of hydrogen-bond acceptors (Lipinski definition) is 2. The zero-order valence-electron chi connectivity index (χ0n) is 17.8. The highest BCUT2D eigenvalue weighted by Crippen LogP contribution is 2.65. The summed E-state index contributed by atoms with van der Waals surface area (Å²) in [5.41, 5.74) is -1.58. The minimum Gasteiger partial charge on any atom is -0.326 e. The van der Waals surface area contributed by atoms with E-state index in [4.69, 9.17) is 34.8 Å². The Balaban J connectivity index is 1.53. The molecule has 3 aromatic carbocycles. The van der Waals surface area contributed by atoms with Crippen LogP contribution in [0.2, 0.25) is 5.02 Å². The van der Waals surface area contributed by atoms with Crippen LogP contribution in [0.1, 0.15) is 27.4 Å². The number of rotatable bonds is 5. The molecule has 1 aliphatic rings. The van der Waals surface area contributed by atoms with Gasteiger partial charge in [-0.1, -0.05) is 35.9 Å². The molecular formula is C24H14Cl3F5N2O2. The number of carbonyl (C=O) groups is 2. The highest BCUT2D eigenvalue weighted by Gasteiger charge is 2.67. The number of amides is 2. The normalized spacial score (nSPS) is 18.4. The lowest BCUT2D eigenvalue weighted by atomic mass is 10.1. The summed E-state index contributed by atoms with van der Waals surface area (Å²) in [6, 6.07) is 11.2. The summed E-state index contributed by atoms with van der Waals surface area (Å²) in [5, 5.41) is 4.52. The van der Waals surface area contributed by atoms with E-state index in [1.54, 1.807) is 0 Å². The van der Waals surface area contributed by atoms with E-state index in [1.165, 1.54) is 30.3 Å². The van der Waals surface area contributed by atoms with Gasteiger partial charge in [-0.05, 0) is 42.0 Å². The van der Waals surface area contributed by atoms with Crippen LogP contribution in [0, 0.1) is 17.6 Å². The predicted molar refractivity (Wildman–Crippen MR) is 127 cm³/mol. The van der Waals surface area contributed by atoms with Crippen LogP contribution in [0.3, 0.4) is 0 Å². The van der Waals surface area contributed by atoms with Gasteiger partial charge in [-0.2, -0.15) is 13.2 Å². The summed E-state index contributed by atoms with van der Waals surface area (Å²) in [4.78, 5) is 25.5. The molecule has 0 aromatic heterocycles. The van der Waals surface area contributed by atoms with Gasteiger partial charge in [-0.15, -0.1) is 23.2 Å². The lowest BCUT2D eigenvalue weighted by Crippen LogP contribution is -2.18. The highest BCUT2D eigenvalue weighted by molar-refractivity contribution is 6.53. The van der Waals surface area contributed by atoms with Crippen molar-refractivity contribution in [3.8, 4) is 0 Å². The molecule has 188 valence electrons. The number of halogens is 8. The summed E-state index contributed by atoms with van der Waals surface area (Å²) >= 11 is 18.5. The molecule has 0 spiro atoms. The monoisotopic (exact) mass is 562 g/mol. The van der Waals surface area contributed by atoms with Crippen LogP contribution in [-0.2, 0) is 11.0 Å². The molecule has 4 nitrogen and oxygen atoms in total. The van der Waals surface area contributed by atoms with Gasteiger partial charge in [-0.3, -0.25) is 9.59 Å². The molecule has 2 N–H and O–H groups in total. The molecular weight excluding hydrogens is 550 g/mol. The molecule has 4 rings (SSSR count). The molecule has 0 aliphatic heterocycles. The summed E-state index contributed by atoms with van der Waals surface area (Å²) in [7, 11) is 0. The molecule has 0 heterocycles.